The number of para-hydroxylation sites is 2. The van der Waals surface area contributed by atoms with Crippen molar-refractivity contribution >= 4 is 22.6 Å². The van der Waals surface area contributed by atoms with Crippen LogP contribution in [0.1, 0.15) is 65.2 Å². The Bertz CT molecular complexity index is 2120. The van der Waals surface area contributed by atoms with Gasteiger partial charge in [0.25, 0.3) is 5.91 Å². The summed E-state index contributed by atoms with van der Waals surface area (Å²) in [6.07, 6.45) is -0.0410. The normalized spacial score (nSPS) is 21.4. The molecule has 2 aliphatic rings. The highest BCUT2D eigenvalue weighted by atomic mass is 19.2. The van der Waals surface area contributed by atoms with Gasteiger partial charge in [0, 0.05) is 42.8 Å². The Hall–Kier alpha value is -4.89. The number of carbonyl (C=O) groups is 1. The van der Waals surface area contributed by atoms with Crippen LogP contribution >= 0.6 is 0 Å². The third-order valence-corrected chi connectivity index (χ3v) is 9.99. The number of rotatable bonds is 8. The van der Waals surface area contributed by atoms with E-state index >= 15 is 0 Å². The molecule has 2 saturated heterocycles. The molecule has 0 spiro atoms. The van der Waals surface area contributed by atoms with E-state index in [-0.39, 0.29) is 36.0 Å². The number of hydrogen-bond acceptors (Lipinski definition) is 6. The standard InChI is InChI=1S/C38H35F5N4O5/c1-20-28(18-46-16-14-25(15-17-46)47-27-5-3-2-4-26(27)45-38(47)50)51-37(52-35(20)22-8-6-21(19-48)7-9-22)23-10-12-24(13-11-23)44-36(49)29-30(39)32(41)34(43)33(42)31(29)40/h2-13,20,25,28,35,37,48H,14-19H2,1H3,(H,44,49)(H,45,50)/t20-,28+,35+,37+/m1/s1. The van der Waals surface area contributed by atoms with E-state index in [1.807, 2.05) is 60.0 Å². The number of imidazole rings is 1. The number of likely N-dealkylation sites (tertiary alicyclic amines) is 1. The fourth-order valence-corrected chi connectivity index (χ4v) is 7.10. The smallest absolute Gasteiger partial charge is 0.326 e. The number of H-pyrrole nitrogens is 1. The zero-order valence-corrected chi connectivity index (χ0v) is 27.9. The first-order valence-corrected chi connectivity index (χ1v) is 16.9. The number of benzene rings is 4. The second-order valence-electron chi connectivity index (χ2n) is 13.2. The number of aromatic amines is 1. The van der Waals surface area contributed by atoms with Crippen LogP contribution in [0.2, 0.25) is 0 Å². The SMILES string of the molecule is C[C@@H]1[C@H](CN2CCC(n3c(=O)[nH]c4ccccc43)CC2)O[C@H](c2ccc(NC(=O)c3c(F)c(F)c(F)c(F)c3F)cc2)O[C@@H]1c1ccc(CO)cc1. The second-order valence-corrected chi connectivity index (χ2v) is 13.2. The van der Waals surface area contributed by atoms with Crippen LogP contribution in [0, 0.1) is 35.0 Å². The van der Waals surface area contributed by atoms with Gasteiger partial charge in [-0.2, -0.15) is 0 Å². The number of carbonyl (C=O) groups excluding carboxylic acids is 1. The maximum absolute atomic E-state index is 14.2. The van der Waals surface area contributed by atoms with E-state index in [9.17, 15) is 36.6 Å². The Morgan fingerprint density at radius 3 is 2.12 bits per heavy atom. The topological polar surface area (TPSA) is 109 Å². The average molecular weight is 723 g/mol. The van der Waals surface area contributed by atoms with Gasteiger partial charge in [0.05, 0.1) is 29.8 Å². The van der Waals surface area contributed by atoms with E-state index in [4.69, 9.17) is 9.47 Å². The summed E-state index contributed by atoms with van der Waals surface area (Å²) in [5.41, 5.74) is 2.19. The van der Waals surface area contributed by atoms with Gasteiger partial charge in [0.1, 0.15) is 5.56 Å². The fraction of sp³-hybridized carbons (Fsp3) is 0.316. The van der Waals surface area contributed by atoms with Crippen molar-refractivity contribution in [2.75, 3.05) is 25.0 Å². The van der Waals surface area contributed by atoms with Crippen molar-refractivity contribution in [2.45, 2.75) is 50.9 Å². The Labute approximate surface area is 294 Å². The van der Waals surface area contributed by atoms with Gasteiger partial charge in [-0.15, -0.1) is 0 Å². The summed E-state index contributed by atoms with van der Waals surface area (Å²) in [5.74, 6) is -12.9. The number of nitrogens with one attached hydrogen (secondary N) is 2. The molecule has 0 unspecified atom stereocenters. The number of aliphatic hydroxyl groups is 1. The molecule has 7 rings (SSSR count). The molecule has 0 aliphatic carbocycles. The first-order valence-electron chi connectivity index (χ1n) is 16.9. The lowest BCUT2D eigenvalue weighted by molar-refractivity contribution is -0.276. The van der Waals surface area contributed by atoms with Crippen LogP contribution in [0.5, 0.6) is 0 Å². The molecule has 14 heteroatoms. The highest BCUT2D eigenvalue weighted by Crippen LogP contribution is 2.42. The first kappa shape index (κ1) is 35.5. The predicted octanol–water partition coefficient (Wildman–Crippen LogP) is 6.90. The van der Waals surface area contributed by atoms with Gasteiger partial charge in [-0.1, -0.05) is 55.5 Å². The summed E-state index contributed by atoms with van der Waals surface area (Å²) in [7, 11) is 0. The molecule has 0 radical (unpaired) electrons. The summed E-state index contributed by atoms with van der Waals surface area (Å²) in [4.78, 5) is 30.7. The van der Waals surface area contributed by atoms with Crippen LogP contribution in [0.25, 0.3) is 11.0 Å². The molecule has 0 saturated carbocycles. The lowest BCUT2D eigenvalue weighted by atomic mass is 9.89. The number of nitrogens with zero attached hydrogens (tertiary/aromatic N) is 2. The molecule has 4 aromatic carbocycles. The number of aromatic nitrogens is 2. The highest BCUT2D eigenvalue weighted by molar-refractivity contribution is 6.04. The Morgan fingerprint density at radius 1 is 0.846 bits per heavy atom. The summed E-state index contributed by atoms with van der Waals surface area (Å²) < 4.78 is 84.2. The summed E-state index contributed by atoms with van der Waals surface area (Å²) in [5, 5.41) is 11.7. The van der Waals surface area contributed by atoms with Gasteiger partial charge in [0.2, 0.25) is 5.82 Å². The molecule has 1 aromatic heterocycles. The van der Waals surface area contributed by atoms with Crippen molar-refractivity contribution in [2.24, 2.45) is 5.92 Å². The number of anilines is 1. The Morgan fingerprint density at radius 2 is 1.46 bits per heavy atom. The third kappa shape index (κ3) is 6.74. The minimum Gasteiger partial charge on any atom is -0.392 e. The molecular weight excluding hydrogens is 687 g/mol. The van der Waals surface area contributed by atoms with Gasteiger partial charge in [-0.25, -0.2) is 26.7 Å². The predicted molar refractivity (Wildman–Crippen MR) is 181 cm³/mol. The fourth-order valence-electron chi connectivity index (χ4n) is 7.10. The van der Waals surface area contributed by atoms with Crippen LogP contribution in [-0.2, 0) is 16.1 Å². The van der Waals surface area contributed by atoms with Gasteiger partial charge in [0.15, 0.2) is 29.6 Å². The minimum atomic E-state index is -2.36. The van der Waals surface area contributed by atoms with Crippen LogP contribution in [0.3, 0.4) is 0 Å². The number of hydrogen-bond donors (Lipinski definition) is 3. The molecule has 4 atom stereocenters. The molecule has 272 valence electrons. The average Bonchev–Trinajstić information content (AvgIpc) is 3.50. The zero-order chi connectivity index (χ0) is 36.7. The van der Waals surface area contributed by atoms with E-state index < -0.39 is 53.0 Å². The number of halogens is 5. The lowest BCUT2D eigenvalue weighted by Gasteiger charge is -2.44. The van der Waals surface area contributed by atoms with Crippen molar-refractivity contribution in [3.05, 3.63) is 135 Å². The van der Waals surface area contributed by atoms with Crippen LogP contribution in [0.4, 0.5) is 27.6 Å². The van der Waals surface area contributed by atoms with E-state index in [1.54, 1.807) is 12.1 Å². The Kier molecular flexibility index (Phi) is 9.98. The maximum Gasteiger partial charge on any atom is 0.326 e. The number of fused-ring (bicyclic) bond motifs is 1. The molecule has 3 heterocycles. The molecule has 9 nitrogen and oxygen atoms in total. The number of amides is 1. The highest BCUT2D eigenvalue weighted by Gasteiger charge is 2.40. The zero-order valence-electron chi connectivity index (χ0n) is 27.9. The summed E-state index contributed by atoms with van der Waals surface area (Å²) >= 11 is 0. The lowest BCUT2D eigenvalue weighted by Crippen LogP contribution is -2.47. The van der Waals surface area contributed by atoms with E-state index in [1.165, 1.54) is 12.1 Å². The van der Waals surface area contributed by atoms with Gasteiger partial charge in [-0.05, 0) is 48.2 Å². The number of aliphatic hydroxyl groups excluding tert-OH is 1. The van der Waals surface area contributed by atoms with Gasteiger partial charge in [-0.3, -0.25) is 9.36 Å². The van der Waals surface area contributed by atoms with Crippen molar-refractivity contribution in [3.8, 4) is 0 Å². The van der Waals surface area contributed by atoms with Gasteiger partial charge < -0.3 is 29.8 Å². The molecule has 2 aliphatic heterocycles. The molecule has 0 bridgehead atoms. The van der Waals surface area contributed by atoms with E-state index in [2.05, 4.69) is 15.2 Å². The molecule has 52 heavy (non-hydrogen) atoms. The van der Waals surface area contributed by atoms with E-state index in [0.717, 1.165) is 48.1 Å². The summed E-state index contributed by atoms with van der Waals surface area (Å²) in [6.45, 7) is 3.99. The molecule has 3 N–H and O–H groups in total. The number of piperidine rings is 1. The second kappa shape index (κ2) is 14.6. The molecular formula is C38H35F5N4O5. The minimum absolute atomic E-state index is 0.0340. The van der Waals surface area contributed by atoms with Crippen LogP contribution in [-0.4, -0.2) is 51.2 Å². The quantitative estimate of drug-likeness (QED) is 0.0915. The maximum atomic E-state index is 14.2. The van der Waals surface area contributed by atoms with Crippen molar-refractivity contribution < 1.29 is 41.3 Å². The first-order chi connectivity index (χ1) is 25.0. The number of ether oxygens (including phenoxy) is 2. The van der Waals surface area contributed by atoms with Crippen LogP contribution in [0.15, 0.2) is 77.6 Å². The monoisotopic (exact) mass is 722 g/mol. The van der Waals surface area contributed by atoms with Crippen molar-refractivity contribution in [1.82, 2.24) is 14.5 Å². The van der Waals surface area contributed by atoms with Crippen molar-refractivity contribution in [1.29, 1.82) is 0 Å². The molecule has 1 amide bonds. The van der Waals surface area contributed by atoms with Gasteiger partial charge >= 0.3 is 5.69 Å². The largest absolute Gasteiger partial charge is 0.392 e. The van der Waals surface area contributed by atoms with Crippen molar-refractivity contribution in [3.63, 3.8) is 0 Å². The van der Waals surface area contributed by atoms with E-state index in [0.29, 0.717) is 12.1 Å². The Balaban J connectivity index is 1.08. The van der Waals surface area contributed by atoms with Crippen LogP contribution < -0.4 is 11.0 Å². The molecule has 5 aromatic rings. The third-order valence-electron chi connectivity index (χ3n) is 9.99. The molecule has 2 fully saturated rings. The summed E-state index contributed by atoms with van der Waals surface area (Å²) in [6, 6.07) is 21.1.